The number of nitrogens with zero attached hydrogens (tertiary/aromatic N) is 1. The predicted octanol–water partition coefficient (Wildman–Crippen LogP) is 3.52. The minimum atomic E-state index is -0.455. The van der Waals surface area contributed by atoms with Gasteiger partial charge >= 0.3 is 10.7 Å². The Morgan fingerprint density at radius 3 is 2.61 bits per heavy atom. The summed E-state index contributed by atoms with van der Waals surface area (Å²) < 4.78 is 6.49. The van der Waals surface area contributed by atoms with Crippen LogP contribution < -0.4 is 15.6 Å². The molecule has 28 heavy (non-hydrogen) atoms. The first-order chi connectivity index (χ1) is 13.7. The van der Waals surface area contributed by atoms with Crippen molar-refractivity contribution in [3.63, 3.8) is 0 Å². The minimum absolute atomic E-state index is 0.102. The van der Waals surface area contributed by atoms with E-state index in [0.29, 0.717) is 10.8 Å². The van der Waals surface area contributed by atoms with Gasteiger partial charge in [0.05, 0.1) is 0 Å². The second-order valence-electron chi connectivity index (χ2n) is 6.13. The number of aromatic nitrogens is 2. The van der Waals surface area contributed by atoms with E-state index in [0.717, 1.165) is 22.1 Å². The van der Waals surface area contributed by atoms with Crippen molar-refractivity contribution in [2.24, 2.45) is 0 Å². The Bertz CT molecular complexity index is 1160. The number of nitrogens with one attached hydrogen (secondary N) is 2. The molecule has 1 heterocycles. The van der Waals surface area contributed by atoms with Gasteiger partial charge in [-0.1, -0.05) is 54.6 Å². The quantitative estimate of drug-likeness (QED) is 0.389. The molecule has 2 N–H and O–H groups in total. The van der Waals surface area contributed by atoms with Gasteiger partial charge in [0, 0.05) is 35.4 Å². The second kappa shape index (κ2) is 8.14. The van der Waals surface area contributed by atoms with E-state index in [4.69, 9.17) is 4.52 Å². The summed E-state index contributed by atoms with van der Waals surface area (Å²) in [5.74, 6) is 0.349. The van der Waals surface area contributed by atoms with Crippen LogP contribution in [0.1, 0.15) is 6.42 Å². The van der Waals surface area contributed by atoms with Crippen LogP contribution in [0.5, 0.6) is 0 Å². The standard InChI is InChI=1S/C21H17N3O3S/c25-19(22-18-12-6-8-15-7-4-5-11-17(15)18)13-14-28-20-21(26)27-23-24(20)16-9-2-1-3-10-16/h1-12H,13-14H2,(H-,22,23,25,26)/p+1. The lowest BCUT2D eigenvalue weighted by molar-refractivity contribution is -0.704. The fourth-order valence-electron chi connectivity index (χ4n) is 2.92. The Balaban J connectivity index is 1.41. The number of fused-ring (bicyclic) bond motifs is 1. The first kappa shape index (κ1) is 18.1. The molecule has 0 spiro atoms. The third-order valence-corrected chi connectivity index (χ3v) is 5.28. The number of hydrogen-bond donors (Lipinski definition) is 2. The number of carbonyl (C=O) groups is 1. The Hall–Kier alpha value is -3.32. The van der Waals surface area contributed by atoms with Gasteiger partial charge in [-0.25, -0.2) is 4.79 Å². The van der Waals surface area contributed by atoms with Crippen molar-refractivity contribution in [3.8, 4) is 5.69 Å². The number of anilines is 1. The summed E-state index contributed by atoms with van der Waals surface area (Å²) in [5.41, 5.74) is 1.12. The van der Waals surface area contributed by atoms with Crippen LogP contribution in [0.3, 0.4) is 0 Å². The molecule has 6 nitrogen and oxygen atoms in total. The van der Waals surface area contributed by atoms with Gasteiger partial charge in [0.2, 0.25) is 11.6 Å². The number of aromatic amines is 1. The molecule has 0 bridgehead atoms. The van der Waals surface area contributed by atoms with Crippen LogP contribution in [0.4, 0.5) is 5.69 Å². The zero-order valence-corrected chi connectivity index (χ0v) is 15.7. The van der Waals surface area contributed by atoms with Gasteiger partial charge in [-0.3, -0.25) is 9.32 Å². The summed E-state index contributed by atoms with van der Waals surface area (Å²) in [6.07, 6.45) is 0.271. The van der Waals surface area contributed by atoms with Crippen LogP contribution in [0.2, 0.25) is 0 Å². The van der Waals surface area contributed by atoms with Crippen LogP contribution in [0.25, 0.3) is 16.5 Å². The Kier molecular flexibility index (Phi) is 5.25. The van der Waals surface area contributed by atoms with E-state index in [1.54, 1.807) is 4.68 Å². The molecule has 0 aliphatic heterocycles. The van der Waals surface area contributed by atoms with E-state index in [1.807, 2.05) is 72.8 Å². The minimum Gasteiger partial charge on any atom is -0.325 e. The third kappa shape index (κ3) is 3.84. The summed E-state index contributed by atoms with van der Waals surface area (Å²) in [6.45, 7) is 0. The normalized spacial score (nSPS) is 10.9. The SMILES string of the molecule is O=C(CCSc1c(=O)o[nH][n+]1-c1ccccc1)Nc1cccc2ccccc12. The lowest BCUT2D eigenvalue weighted by Crippen LogP contribution is -2.36. The first-order valence-electron chi connectivity index (χ1n) is 8.82. The highest BCUT2D eigenvalue weighted by atomic mass is 32.2. The summed E-state index contributed by atoms with van der Waals surface area (Å²) in [4.78, 5) is 24.4. The molecular weight excluding hydrogens is 374 g/mol. The number of carbonyl (C=O) groups excluding carboxylic acids is 1. The highest BCUT2D eigenvalue weighted by molar-refractivity contribution is 7.99. The molecular formula is C21H18N3O3S+. The largest absolute Gasteiger partial charge is 0.442 e. The lowest BCUT2D eigenvalue weighted by atomic mass is 10.1. The van der Waals surface area contributed by atoms with Crippen LogP contribution >= 0.6 is 11.8 Å². The molecule has 4 aromatic rings. The molecule has 0 atom stereocenters. The lowest BCUT2D eigenvalue weighted by Gasteiger charge is -2.08. The maximum atomic E-state index is 12.4. The molecule has 4 rings (SSSR count). The highest BCUT2D eigenvalue weighted by Gasteiger charge is 2.23. The molecule has 0 saturated heterocycles. The van der Waals surface area contributed by atoms with Crippen molar-refractivity contribution in [1.82, 2.24) is 5.27 Å². The Labute approximate surface area is 165 Å². The van der Waals surface area contributed by atoms with E-state index < -0.39 is 5.63 Å². The van der Waals surface area contributed by atoms with Crippen LogP contribution in [0, 0.1) is 0 Å². The molecule has 0 fully saturated rings. The number of benzene rings is 3. The molecule has 0 aliphatic carbocycles. The summed E-state index contributed by atoms with van der Waals surface area (Å²) >= 11 is 1.28. The van der Waals surface area contributed by atoms with E-state index in [2.05, 4.69) is 10.6 Å². The van der Waals surface area contributed by atoms with Crippen molar-refractivity contribution >= 4 is 34.1 Å². The zero-order chi connectivity index (χ0) is 19.3. The maximum Gasteiger partial charge on any atom is 0.442 e. The van der Waals surface area contributed by atoms with Crippen LogP contribution in [0.15, 0.2) is 87.1 Å². The molecule has 7 heteroatoms. The number of H-pyrrole nitrogens is 1. The number of para-hydroxylation sites is 1. The molecule has 1 amide bonds. The number of thioether (sulfide) groups is 1. The fourth-order valence-corrected chi connectivity index (χ4v) is 3.83. The average molecular weight is 392 g/mol. The topological polar surface area (TPSA) is 79.0 Å². The second-order valence-corrected chi connectivity index (χ2v) is 7.21. The number of rotatable bonds is 6. The van der Waals surface area contributed by atoms with Gasteiger partial charge in [0.1, 0.15) is 0 Å². The molecule has 3 aromatic carbocycles. The van der Waals surface area contributed by atoms with E-state index in [-0.39, 0.29) is 12.3 Å². The van der Waals surface area contributed by atoms with E-state index in [1.165, 1.54) is 11.8 Å². The van der Waals surface area contributed by atoms with Crippen LogP contribution in [-0.4, -0.2) is 16.9 Å². The maximum absolute atomic E-state index is 12.4. The van der Waals surface area contributed by atoms with Gasteiger partial charge in [-0.2, -0.15) is 0 Å². The first-order valence-corrected chi connectivity index (χ1v) is 9.80. The van der Waals surface area contributed by atoms with Gasteiger partial charge in [-0.05, 0) is 33.2 Å². The zero-order valence-electron chi connectivity index (χ0n) is 14.9. The van der Waals surface area contributed by atoms with Gasteiger partial charge < -0.3 is 5.32 Å². The number of hydrogen-bond acceptors (Lipinski definition) is 4. The molecule has 1 aromatic heterocycles. The molecule has 0 unspecified atom stereocenters. The van der Waals surface area contributed by atoms with Crippen molar-refractivity contribution < 1.29 is 14.0 Å². The highest BCUT2D eigenvalue weighted by Crippen LogP contribution is 2.23. The van der Waals surface area contributed by atoms with Gasteiger partial charge in [0.15, 0.2) is 0 Å². The predicted molar refractivity (Wildman–Crippen MR) is 109 cm³/mol. The molecule has 0 radical (unpaired) electrons. The summed E-state index contributed by atoms with van der Waals surface area (Å²) in [7, 11) is 0. The smallest absolute Gasteiger partial charge is 0.325 e. The summed E-state index contributed by atoms with van der Waals surface area (Å²) in [5, 5.41) is 8.03. The third-order valence-electron chi connectivity index (χ3n) is 4.25. The van der Waals surface area contributed by atoms with E-state index >= 15 is 0 Å². The van der Waals surface area contributed by atoms with Crippen LogP contribution in [-0.2, 0) is 4.79 Å². The fraction of sp³-hybridized carbons (Fsp3) is 0.0952. The molecule has 140 valence electrons. The van der Waals surface area contributed by atoms with Crippen molar-refractivity contribution in [1.29, 1.82) is 0 Å². The summed E-state index contributed by atoms with van der Waals surface area (Å²) in [6, 6.07) is 23.1. The monoisotopic (exact) mass is 392 g/mol. The van der Waals surface area contributed by atoms with Crippen molar-refractivity contribution in [3.05, 3.63) is 83.2 Å². The number of amides is 1. The van der Waals surface area contributed by atoms with Crippen molar-refractivity contribution in [2.75, 3.05) is 11.1 Å². The molecule has 0 aliphatic rings. The van der Waals surface area contributed by atoms with Gasteiger partial charge in [-0.15, -0.1) is 0 Å². The molecule has 0 saturated carbocycles. The van der Waals surface area contributed by atoms with Gasteiger partial charge in [0.25, 0.3) is 0 Å². The Morgan fingerprint density at radius 2 is 1.75 bits per heavy atom. The van der Waals surface area contributed by atoms with Crippen molar-refractivity contribution in [2.45, 2.75) is 11.4 Å². The van der Waals surface area contributed by atoms with E-state index in [9.17, 15) is 9.59 Å². The average Bonchev–Trinajstić information content (AvgIpc) is 3.09. The Morgan fingerprint density at radius 1 is 1.00 bits per heavy atom.